The molecule has 1 fully saturated rings. The zero-order chi connectivity index (χ0) is 21.1. The van der Waals surface area contributed by atoms with Gasteiger partial charge < -0.3 is 9.47 Å². The van der Waals surface area contributed by atoms with Crippen LogP contribution in [0.1, 0.15) is 39.3 Å². The average molecular weight is 420 g/mol. The molecule has 158 valence electrons. The van der Waals surface area contributed by atoms with E-state index in [1.165, 1.54) is 11.4 Å². The number of benzene rings is 1. The topological polar surface area (TPSA) is 81.6 Å². The molecule has 0 aliphatic carbocycles. The maximum absolute atomic E-state index is 13.0. The third-order valence-electron chi connectivity index (χ3n) is 5.14. The quantitative estimate of drug-likeness (QED) is 0.715. The molecule has 8 heteroatoms. The Morgan fingerprint density at radius 2 is 1.76 bits per heavy atom. The van der Waals surface area contributed by atoms with Crippen LogP contribution in [0.2, 0.25) is 0 Å². The lowest BCUT2D eigenvalue weighted by atomic mass is 9.92. The number of sulfonamides is 1. The standard InChI is InChI=1S/C21H29N3O4S/c1-21(2,3)19-9-10-20(23-22-19)28-15-16-11-13-24(14-12-16)29(25,26)18-8-6-5-7-17(18)27-4/h5-10,16H,11-15H2,1-4H3. The van der Waals surface area contributed by atoms with Gasteiger partial charge in [-0.1, -0.05) is 32.9 Å². The molecule has 0 atom stereocenters. The van der Waals surface area contributed by atoms with E-state index in [1.54, 1.807) is 24.3 Å². The second-order valence-corrected chi connectivity index (χ2v) is 10.2. The lowest BCUT2D eigenvalue weighted by Gasteiger charge is -2.31. The maximum atomic E-state index is 13.0. The van der Waals surface area contributed by atoms with E-state index < -0.39 is 10.0 Å². The van der Waals surface area contributed by atoms with Crippen LogP contribution in [0.3, 0.4) is 0 Å². The van der Waals surface area contributed by atoms with Gasteiger partial charge in [0.1, 0.15) is 10.6 Å². The number of hydrogen-bond donors (Lipinski definition) is 0. The van der Waals surface area contributed by atoms with E-state index in [1.807, 2.05) is 12.1 Å². The fourth-order valence-electron chi connectivity index (χ4n) is 3.29. The van der Waals surface area contributed by atoms with Crippen LogP contribution in [0.15, 0.2) is 41.3 Å². The zero-order valence-electron chi connectivity index (χ0n) is 17.5. The molecule has 7 nitrogen and oxygen atoms in total. The van der Waals surface area contributed by atoms with Crippen molar-refractivity contribution in [3.05, 3.63) is 42.1 Å². The summed E-state index contributed by atoms with van der Waals surface area (Å²) in [5, 5.41) is 8.38. The fraction of sp³-hybridized carbons (Fsp3) is 0.524. The van der Waals surface area contributed by atoms with Crippen LogP contribution < -0.4 is 9.47 Å². The number of piperidine rings is 1. The number of hydrogen-bond acceptors (Lipinski definition) is 6. The van der Waals surface area contributed by atoms with Gasteiger partial charge in [-0.25, -0.2) is 8.42 Å². The molecule has 1 aromatic heterocycles. The van der Waals surface area contributed by atoms with Gasteiger partial charge in [0.25, 0.3) is 0 Å². The van der Waals surface area contributed by atoms with Crippen molar-refractivity contribution in [3.63, 3.8) is 0 Å². The highest BCUT2D eigenvalue weighted by Gasteiger charge is 2.31. The van der Waals surface area contributed by atoms with Crippen molar-refractivity contribution in [2.24, 2.45) is 5.92 Å². The number of para-hydroxylation sites is 1. The summed E-state index contributed by atoms with van der Waals surface area (Å²) in [6, 6.07) is 10.5. The van der Waals surface area contributed by atoms with E-state index >= 15 is 0 Å². The number of ether oxygens (including phenoxy) is 2. The Kier molecular flexibility index (Phi) is 6.43. The van der Waals surface area contributed by atoms with Crippen molar-refractivity contribution < 1.29 is 17.9 Å². The van der Waals surface area contributed by atoms with Crippen molar-refractivity contribution in [3.8, 4) is 11.6 Å². The van der Waals surface area contributed by atoms with Crippen molar-refractivity contribution >= 4 is 10.0 Å². The highest BCUT2D eigenvalue weighted by atomic mass is 32.2. The predicted octanol–water partition coefficient (Wildman–Crippen LogP) is 3.26. The van der Waals surface area contributed by atoms with Gasteiger partial charge in [0.15, 0.2) is 0 Å². The summed E-state index contributed by atoms with van der Waals surface area (Å²) in [5.41, 5.74) is 0.866. The average Bonchev–Trinajstić information content (AvgIpc) is 2.72. The van der Waals surface area contributed by atoms with E-state index in [0.717, 1.165) is 18.5 Å². The molecule has 0 unspecified atom stereocenters. The van der Waals surface area contributed by atoms with Gasteiger partial charge in [0.2, 0.25) is 15.9 Å². The number of rotatable bonds is 6. The van der Waals surface area contributed by atoms with Gasteiger partial charge in [-0.15, -0.1) is 5.10 Å². The molecule has 3 rings (SSSR count). The molecule has 0 amide bonds. The Morgan fingerprint density at radius 3 is 2.34 bits per heavy atom. The third kappa shape index (κ3) is 5.05. The molecule has 29 heavy (non-hydrogen) atoms. The van der Waals surface area contributed by atoms with E-state index in [9.17, 15) is 8.42 Å². The summed E-state index contributed by atoms with van der Waals surface area (Å²) >= 11 is 0. The molecular formula is C21H29N3O4S. The van der Waals surface area contributed by atoms with Crippen LogP contribution in [0, 0.1) is 5.92 Å². The minimum absolute atomic E-state index is 0.0503. The van der Waals surface area contributed by atoms with Gasteiger partial charge in [-0.2, -0.15) is 9.40 Å². The molecule has 0 bridgehead atoms. The Hall–Kier alpha value is -2.19. The van der Waals surface area contributed by atoms with Crippen molar-refractivity contribution in [1.29, 1.82) is 0 Å². The van der Waals surface area contributed by atoms with Crippen LogP contribution in [0.4, 0.5) is 0 Å². The Balaban J connectivity index is 1.55. The second kappa shape index (κ2) is 8.67. The maximum Gasteiger partial charge on any atom is 0.246 e. The molecule has 0 spiro atoms. The van der Waals surface area contributed by atoms with Gasteiger partial charge in [0.05, 0.1) is 19.4 Å². The Labute approximate surface area is 173 Å². The molecule has 0 radical (unpaired) electrons. The lowest BCUT2D eigenvalue weighted by molar-refractivity contribution is 0.179. The first-order valence-electron chi connectivity index (χ1n) is 9.82. The summed E-state index contributed by atoms with van der Waals surface area (Å²) in [5.74, 6) is 1.15. The molecule has 1 aliphatic rings. The van der Waals surface area contributed by atoms with Crippen molar-refractivity contribution in [2.75, 3.05) is 26.8 Å². The highest BCUT2D eigenvalue weighted by Crippen LogP contribution is 2.29. The normalized spacial score (nSPS) is 16.6. The lowest BCUT2D eigenvalue weighted by Crippen LogP contribution is -2.39. The van der Waals surface area contributed by atoms with Crippen LogP contribution >= 0.6 is 0 Å². The molecule has 1 aliphatic heterocycles. The van der Waals surface area contributed by atoms with Crippen LogP contribution in [-0.2, 0) is 15.4 Å². The smallest absolute Gasteiger partial charge is 0.246 e. The highest BCUT2D eigenvalue weighted by molar-refractivity contribution is 7.89. The molecule has 2 aromatic rings. The minimum atomic E-state index is -3.57. The Bertz CT molecular complexity index is 916. The molecule has 1 saturated heterocycles. The largest absolute Gasteiger partial charge is 0.495 e. The van der Waals surface area contributed by atoms with Gasteiger partial charge in [-0.3, -0.25) is 0 Å². The predicted molar refractivity (Wildman–Crippen MR) is 111 cm³/mol. The number of methoxy groups -OCH3 is 1. The van der Waals surface area contributed by atoms with Crippen LogP contribution in [0.25, 0.3) is 0 Å². The molecule has 0 saturated carbocycles. The number of aromatic nitrogens is 2. The van der Waals surface area contributed by atoms with Crippen LogP contribution in [0.5, 0.6) is 11.6 Å². The summed E-state index contributed by atoms with van der Waals surface area (Å²) in [6.45, 7) is 7.69. The summed E-state index contributed by atoms with van der Waals surface area (Å²) < 4.78 is 38.5. The van der Waals surface area contributed by atoms with Gasteiger partial charge in [0, 0.05) is 24.6 Å². The van der Waals surface area contributed by atoms with Crippen molar-refractivity contribution in [2.45, 2.75) is 43.9 Å². The first kappa shape index (κ1) is 21.5. The summed E-state index contributed by atoms with van der Waals surface area (Å²) in [6.07, 6.45) is 1.48. The molecular weight excluding hydrogens is 390 g/mol. The summed E-state index contributed by atoms with van der Waals surface area (Å²) in [7, 11) is -2.09. The van der Waals surface area contributed by atoms with Gasteiger partial charge in [-0.05, 0) is 37.0 Å². The van der Waals surface area contributed by atoms with Crippen LogP contribution in [-0.4, -0.2) is 49.7 Å². The Morgan fingerprint density at radius 1 is 1.07 bits per heavy atom. The van der Waals surface area contributed by atoms with Crippen molar-refractivity contribution in [1.82, 2.24) is 14.5 Å². The molecule has 2 heterocycles. The van der Waals surface area contributed by atoms with E-state index in [2.05, 4.69) is 31.0 Å². The molecule has 0 N–H and O–H groups in total. The first-order chi connectivity index (χ1) is 13.7. The van der Waals surface area contributed by atoms with E-state index in [-0.39, 0.29) is 16.2 Å². The number of nitrogens with zero attached hydrogens (tertiary/aromatic N) is 3. The first-order valence-corrected chi connectivity index (χ1v) is 11.3. The SMILES string of the molecule is COc1ccccc1S(=O)(=O)N1CCC(COc2ccc(C(C)(C)C)nn2)CC1. The van der Waals surface area contributed by atoms with Gasteiger partial charge >= 0.3 is 0 Å². The fourth-order valence-corrected chi connectivity index (χ4v) is 4.91. The minimum Gasteiger partial charge on any atom is -0.495 e. The molecule has 1 aromatic carbocycles. The second-order valence-electron chi connectivity index (χ2n) is 8.32. The van der Waals surface area contributed by atoms with E-state index in [4.69, 9.17) is 9.47 Å². The third-order valence-corrected chi connectivity index (χ3v) is 7.07. The summed E-state index contributed by atoms with van der Waals surface area (Å²) in [4.78, 5) is 0.214. The monoisotopic (exact) mass is 419 g/mol. The van der Waals surface area contributed by atoms with E-state index in [0.29, 0.717) is 31.3 Å². The zero-order valence-corrected chi connectivity index (χ0v) is 18.3.